The minimum Gasteiger partial charge on any atom is -0.296 e. The number of aromatic nitrogens is 2. The third-order valence-corrected chi connectivity index (χ3v) is 2.73. The molecular weight excluding hydrogens is 184 g/mol. The molecule has 4 heteroatoms. The van der Waals surface area contributed by atoms with E-state index in [2.05, 4.69) is 11.9 Å². The van der Waals surface area contributed by atoms with Crippen LogP contribution in [0.2, 0.25) is 0 Å². The van der Waals surface area contributed by atoms with Gasteiger partial charge in [-0.05, 0) is 6.42 Å². The summed E-state index contributed by atoms with van der Waals surface area (Å²) in [6, 6.07) is 0. The molecule has 0 unspecified atom stereocenters. The molecule has 3 nitrogen and oxygen atoms in total. The molecule has 68 valence electrons. The van der Waals surface area contributed by atoms with E-state index >= 15 is 0 Å². The van der Waals surface area contributed by atoms with Gasteiger partial charge in [0.2, 0.25) is 0 Å². The van der Waals surface area contributed by atoms with E-state index in [9.17, 15) is 4.79 Å². The number of carbonyl (C=O) groups is 1. The molecule has 0 aliphatic heterocycles. The summed E-state index contributed by atoms with van der Waals surface area (Å²) in [4.78, 5) is 16.1. The molecule has 0 radical (unpaired) electrons. The average molecular weight is 194 g/mol. The molecule has 2 heterocycles. The summed E-state index contributed by atoms with van der Waals surface area (Å²) in [6.45, 7) is 2.09. The van der Waals surface area contributed by atoms with E-state index in [4.69, 9.17) is 0 Å². The molecule has 0 aliphatic rings. The van der Waals surface area contributed by atoms with E-state index in [0.29, 0.717) is 5.69 Å². The highest BCUT2D eigenvalue weighted by Crippen LogP contribution is 2.16. The number of nitrogens with zero attached hydrogens (tertiary/aromatic N) is 2. The Hall–Kier alpha value is -1.16. The molecule has 0 spiro atoms. The first kappa shape index (κ1) is 8.44. The molecule has 2 rings (SSSR count). The molecule has 0 aliphatic carbocycles. The van der Waals surface area contributed by atoms with Gasteiger partial charge in [0.25, 0.3) is 0 Å². The second-order valence-corrected chi connectivity index (χ2v) is 3.74. The van der Waals surface area contributed by atoms with Gasteiger partial charge in [-0.25, -0.2) is 4.98 Å². The number of hydrogen-bond donors (Lipinski definition) is 0. The number of thiazole rings is 1. The van der Waals surface area contributed by atoms with Gasteiger partial charge in [0.15, 0.2) is 11.2 Å². The lowest BCUT2D eigenvalue weighted by atomic mass is 10.2. The van der Waals surface area contributed by atoms with Crippen LogP contribution < -0.4 is 0 Å². The van der Waals surface area contributed by atoms with Gasteiger partial charge in [-0.15, -0.1) is 11.3 Å². The van der Waals surface area contributed by atoms with Crippen LogP contribution in [-0.2, 0) is 6.42 Å². The van der Waals surface area contributed by atoms with Gasteiger partial charge in [0.1, 0.15) is 5.69 Å². The molecular formula is C9H10N2OS. The maximum atomic E-state index is 10.8. The van der Waals surface area contributed by atoms with E-state index in [1.54, 1.807) is 11.3 Å². The van der Waals surface area contributed by atoms with E-state index < -0.39 is 0 Å². The summed E-state index contributed by atoms with van der Waals surface area (Å²) >= 11 is 1.56. The quantitative estimate of drug-likeness (QED) is 0.702. The molecule has 0 fully saturated rings. The van der Waals surface area contributed by atoms with Crippen LogP contribution in [0, 0.1) is 0 Å². The minimum atomic E-state index is 0.707. The van der Waals surface area contributed by atoms with Crippen LogP contribution in [0.3, 0.4) is 0 Å². The SMILES string of the molecule is CCCc1nc2sccn2c1C=O. The van der Waals surface area contributed by atoms with Gasteiger partial charge >= 0.3 is 0 Å². The van der Waals surface area contributed by atoms with Crippen molar-refractivity contribution in [2.24, 2.45) is 0 Å². The lowest BCUT2D eigenvalue weighted by molar-refractivity contribution is 0.111. The summed E-state index contributed by atoms with van der Waals surface area (Å²) in [5.74, 6) is 0. The number of carbonyl (C=O) groups excluding carboxylic acids is 1. The molecule has 0 bridgehead atoms. The average Bonchev–Trinajstić information content (AvgIpc) is 2.64. The summed E-state index contributed by atoms with van der Waals surface area (Å²) < 4.78 is 1.85. The Morgan fingerprint density at radius 1 is 1.69 bits per heavy atom. The maximum absolute atomic E-state index is 10.8. The number of aldehydes is 1. The second kappa shape index (κ2) is 3.30. The van der Waals surface area contributed by atoms with Crippen molar-refractivity contribution in [3.8, 4) is 0 Å². The highest BCUT2D eigenvalue weighted by atomic mass is 32.1. The van der Waals surface area contributed by atoms with Gasteiger partial charge in [0.05, 0.1) is 5.69 Å². The van der Waals surface area contributed by atoms with Crippen molar-refractivity contribution in [2.75, 3.05) is 0 Å². The van der Waals surface area contributed by atoms with Crippen LogP contribution in [0.5, 0.6) is 0 Å². The normalized spacial score (nSPS) is 10.8. The molecule has 0 saturated carbocycles. The lowest BCUT2D eigenvalue weighted by Gasteiger charge is -1.92. The van der Waals surface area contributed by atoms with Crippen LogP contribution in [0.1, 0.15) is 29.5 Å². The van der Waals surface area contributed by atoms with Crippen LogP contribution in [-0.4, -0.2) is 15.7 Å². The van der Waals surface area contributed by atoms with Gasteiger partial charge in [0, 0.05) is 11.6 Å². The predicted molar refractivity (Wildman–Crippen MR) is 52.5 cm³/mol. The van der Waals surface area contributed by atoms with Crippen molar-refractivity contribution in [2.45, 2.75) is 19.8 Å². The topological polar surface area (TPSA) is 34.4 Å². The van der Waals surface area contributed by atoms with Crippen molar-refractivity contribution in [1.82, 2.24) is 9.38 Å². The fourth-order valence-corrected chi connectivity index (χ4v) is 2.13. The van der Waals surface area contributed by atoms with E-state index in [-0.39, 0.29) is 0 Å². The van der Waals surface area contributed by atoms with Crippen LogP contribution in [0.4, 0.5) is 0 Å². The summed E-state index contributed by atoms with van der Waals surface area (Å²) in [5, 5.41) is 1.94. The molecule has 0 N–H and O–H groups in total. The summed E-state index contributed by atoms with van der Waals surface area (Å²) in [6.07, 6.45) is 4.67. The molecule has 2 aromatic rings. The fourth-order valence-electron chi connectivity index (χ4n) is 1.39. The van der Waals surface area contributed by atoms with Crippen molar-refractivity contribution in [1.29, 1.82) is 0 Å². The Bertz CT molecular complexity index is 430. The van der Waals surface area contributed by atoms with Crippen LogP contribution in [0.15, 0.2) is 11.6 Å². The van der Waals surface area contributed by atoms with Gasteiger partial charge in [-0.1, -0.05) is 13.3 Å². The van der Waals surface area contributed by atoms with Gasteiger partial charge in [-0.2, -0.15) is 0 Å². The zero-order valence-corrected chi connectivity index (χ0v) is 8.17. The third kappa shape index (κ3) is 1.27. The van der Waals surface area contributed by atoms with Gasteiger partial charge < -0.3 is 0 Å². The number of imidazole rings is 1. The third-order valence-electron chi connectivity index (χ3n) is 1.97. The molecule has 0 amide bonds. The molecule has 13 heavy (non-hydrogen) atoms. The molecule has 0 saturated heterocycles. The zero-order valence-electron chi connectivity index (χ0n) is 7.36. The monoisotopic (exact) mass is 194 g/mol. The highest BCUT2D eigenvalue weighted by Gasteiger charge is 2.10. The Balaban J connectivity index is 2.60. The fraction of sp³-hybridized carbons (Fsp3) is 0.333. The van der Waals surface area contributed by atoms with Crippen molar-refractivity contribution in [3.05, 3.63) is 23.0 Å². The lowest BCUT2D eigenvalue weighted by Crippen LogP contribution is -1.93. The smallest absolute Gasteiger partial charge is 0.194 e. The van der Waals surface area contributed by atoms with Crippen molar-refractivity contribution >= 4 is 22.6 Å². The Morgan fingerprint density at radius 3 is 3.23 bits per heavy atom. The Morgan fingerprint density at radius 2 is 2.54 bits per heavy atom. The van der Waals surface area contributed by atoms with Crippen LogP contribution in [0.25, 0.3) is 4.96 Å². The van der Waals surface area contributed by atoms with E-state index in [0.717, 1.165) is 29.8 Å². The largest absolute Gasteiger partial charge is 0.296 e. The second-order valence-electron chi connectivity index (χ2n) is 2.87. The first-order chi connectivity index (χ1) is 6.36. The molecule has 2 aromatic heterocycles. The number of rotatable bonds is 3. The first-order valence-electron chi connectivity index (χ1n) is 4.26. The zero-order chi connectivity index (χ0) is 9.26. The maximum Gasteiger partial charge on any atom is 0.194 e. The highest BCUT2D eigenvalue weighted by molar-refractivity contribution is 7.15. The summed E-state index contributed by atoms with van der Waals surface area (Å²) in [5.41, 5.74) is 1.63. The van der Waals surface area contributed by atoms with Crippen LogP contribution >= 0.6 is 11.3 Å². The Kier molecular flexibility index (Phi) is 2.14. The van der Waals surface area contributed by atoms with Gasteiger partial charge in [-0.3, -0.25) is 9.20 Å². The van der Waals surface area contributed by atoms with E-state index in [1.807, 2.05) is 16.0 Å². The van der Waals surface area contributed by atoms with Crippen molar-refractivity contribution in [3.63, 3.8) is 0 Å². The number of hydrogen-bond acceptors (Lipinski definition) is 3. The first-order valence-corrected chi connectivity index (χ1v) is 5.14. The number of fused-ring (bicyclic) bond motifs is 1. The Labute approximate surface area is 80.0 Å². The minimum absolute atomic E-state index is 0.707. The molecule has 0 aromatic carbocycles. The predicted octanol–water partition coefficient (Wildman–Crippen LogP) is 2.16. The summed E-state index contributed by atoms with van der Waals surface area (Å²) in [7, 11) is 0. The standard InChI is InChI=1S/C9H10N2OS/c1-2-3-7-8(6-12)11-4-5-13-9(11)10-7/h4-6H,2-3H2,1H3. The van der Waals surface area contributed by atoms with Crippen molar-refractivity contribution < 1.29 is 4.79 Å². The molecule has 0 atom stereocenters. The van der Waals surface area contributed by atoms with E-state index in [1.165, 1.54) is 0 Å². The number of aryl methyl sites for hydroxylation is 1.